The first kappa shape index (κ1) is 14.3. The number of halogens is 1. The normalized spacial score (nSPS) is 17.9. The van der Waals surface area contributed by atoms with Crippen molar-refractivity contribution in [2.45, 2.75) is 25.8 Å². The van der Waals surface area contributed by atoms with Crippen molar-refractivity contribution in [3.8, 4) is 5.75 Å². The average molecular weight is 280 g/mol. The van der Waals surface area contributed by atoms with E-state index in [9.17, 15) is 14.0 Å². The molecule has 2 rings (SSSR count). The number of nitrogens with zero attached hydrogens (tertiary/aromatic N) is 1. The molecule has 0 radical (unpaired) electrons. The van der Waals surface area contributed by atoms with Crippen LogP contribution in [0.1, 0.15) is 19.8 Å². The van der Waals surface area contributed by atoms with Gasteiger partial charge in [-0.25, -0.2) is 4.39 Å². The minimum atomic E-state index is -0.542. The molecule has 1 saturated heterocycles. The smallest absolute Gasteiger partial charge is 0.247 e. The van der Waals surface area contributed by atoms with Crippen molar-refractivity contribution in [3.63, 3.8) is 0 Å². The number of amides is 2. The fourth-order valence-corrected chi connectivity index (χ4v) is 2.39. The number of hydrogen-bond donors (Lipinski definition) is 1. The fourth-order valence-electron chi connectivity index (χ4n) is 2.39. The molecule has 1 aliphatic heterocycles. The topological polar surface area (TPSA) is 58.6 Å². The fraction of sp³-hybridized carbons (Fsp3) is 0.429. The summed E-state index contributed by atoms with van der Waals surface area (Å²) in [6, 6.07) is 3.73. The van der Waals surface area contributed by atoms with Gasteiger partial charge >= 0.3 is 0 Å². The minimum absolute atomic E-state index is 0.120. The zero-order valence-electron chi connectivity index (χ0n) is 11.5. The molecule has 1 atom stereocenters. The Labute approximate surface area is 116 Å². The van der Waals surface area contributed by atoms with Gasteiger partial charge in [0.05, 0.1) is 7.11 Å². The molecule has 2 amide bonds. The Hall–Kier alpha value is -2.11. The van der Waals surface area contributed by atoms with E-state index in [1.807, 2.05) is 0 Å². The molecule has 1 N–H and O–H groups in total. The van der Waals surface area contributed by atoms with E-state index in [1.165, 1.54) is 31.1 Å². The number of methoxy groups -OCH3 is 1. The number of likely N-dealkylation sites (tertiary alicyclic amines) is 1. The third-order valence-corrected chi connectivity index (χ3v) is 3.38. The van der Waals surface area contributed by atoms with Gasteiger partial charge in [0.15, 0.2) is 11.6 Å². The van der Waals surface area contributed by atoms with Crippen molar-refractivity contribution in [2.75, 3.05) is 19.0 Å². The maximum absolute atomic E-state index is 13.5. The largest absolute Gasteiger partial charge is 0.494 e. The first-order chi connectivity index (χ1) is 9.52. The van der Waals surface area contributed by atoms with Gasteiger partial charge < -0.3 is 15.0 Å². The summed E-state index contributed by atoms with van der Waals surface area (Å²) in [5.41, 5.74) is 0.351. The SMILES string of the molecule is COc1ccc(NC(=O)[C@@H]2CCCN2C(C)=O)cc1F. The molecule has 0 saturated carbocycles. The second kappa shape index (κ2) is 5.90. The predicted molar refractivity (Wildman–Crippen MR) is 72.0 cm³/mol. The number of rotatable bonds is 3. The molecule has 1 aliphatic rings. The van der Waals surface area contributed by atoms with Crippen LogP contribution in [0.4, 0.5) is 10.1 Å². The van der Waals surface area contributed by atoms with Gasteiger partial charge in [-0.1, -0.05) is 0 Å². The first-order valence-corrected chi connectivity index (χ1v) is 6.44. The lowest BCUT2D eigenvalue weighted by Crippen LogP contribution is -2.42. The summed E-state index contributed by atoms with van der Waals surface area (Å²) in [4.78, 5) is 25.1. The molecule has 5 nitrogen and oxygen atoms in total. The first-order valence-electron chi connectivity index (χ1n) is 6.44. The molecule has 1 aromatic carbocycles. The Balaban J connectivity index is 2.08. The van der Waals surface area contributed by atoms with Crippen LogP contribution in [0.2, 0.25) is 0 Å². The molecule has 1 fully saturated rings. The van der Waals surface area contributed by atoms with Crippen molar-refractivity contribution < 1.29 is 18.7 Å². The van der Waals surface area contributed by atoms with Gasteiger partial charge in [-0.3, -0.25) is 9.59 Å². The van der Waals surface area contributed by atoms with Gasteiger partial charge in [-0.15, -0.1) is 0 Å². The number of nitrogens with one attached hydrogen (secondary N) is 1. The molecule has 0 spiro atoms. The van der Waals surface area contributed by atoms with Crippen LogP contribution in [0.15, 0.2) is 18.2 Å². The van der Waals surface area contributed by atoms with Crippen LogP contribution in [0.25, 0.3) is 0 Å². The number of ether oxygens (including phenoxy) is 1. The van der Waals surface area contributed by atoms with E-state index in [1.54, 1.807) is 6.07 Å². The van der Waals surface area contributed by atoms with Gasteiger partial charge in [0, 0.05) is 25.2 Å². The Morgan fingerprint density at radius 3 is 2.80 bits per heavy atom. The van der Waals surface area contributed by atoms with Crippen LogP contribution in [0.5, 0.6) is 5.75 Å². The van der Waals surface area contributed by atoms with Crippen molar-refractivity contribution >= 4 is 17.5 Å². The highest BCUT2D eigenvalue weighted by atomic mass is 19.1. The molecule has 20 heavy (non-hydrogen) atoms. The van der Waals surface area contributed by atoms with E-state index in [0.717, 1.165) is 6.42 Å². The van der Waals surface area contributed by atoms with E-state index in [-0.39, 0.29) is 17.6 Å². The van der Waals surface area contributed by atoms with Crippen molar-refractivity contribution in [2.24, 2.45) is 0 Å². The van der Waals surface area contributed by atoms with Crippen molar-refractivity contribution in [1.82, 2.24) is 4.90 Å². The highest BCUT2D eigenvalue weighted by Gasteiger charge is 2.32. The zero-order valence-corrected chi connectivity index (χ0v) is 11.5. The lowest BCUT2D eigenvalue weighted by Gasteiger charge is -2.22. The third kappa shape index (κ3) is 2.89. The summed E-state index contributed by atoms with van der Waals surface area (Å²) in [6.45, 7) is 2.03. The maximum atomic E-state index is 13.5. The molecule has 6 heteroatoms. The second-order valence-corrected chi connectivity index (χ2v) is 4.71. The Kier molecular flexibility index (Phi) is 4.22. The van der Waals surface area contributed by atoms with Crippen LogP contribution in [0.3, 0.4) is 0 Å². The predicted octanol–water partition coefficient (Wildman–Crippen LogP) is 1.78. The number of anilines is 1. The molecule has 0 aromatic heterocycles. The second-order valence-electron chi connectivity index (χ2n) is 4.71. The standard InChI is InChI=1S/C14H17FN2O3/c1-9(18)17-7-3-4-12(17)14(19)16-10-5-6-13(20-2)11(15)8-10/h5-6,8,12H,3-4,7H2,1-2H3,(H,16,19)/t12-/m0/s1. The molecule has 108 valence electrons. The molecule has 1 aromatic rings. The Morgan fingerprint density at radius 2 is 2.20 bits per heavy atom. The van der Waals surface area contributed by atoms with E-state index < -0.39 is 11.9 Å². The average Bonchev–Trinajstić information content (AvgIpc) is 2.88. The molecular weight excluding hydrogens is 263 g/mol. The van der Waals surface area contributed by atoms with E-state index in [2.05, 4.69) is 5.32 Å². The van der Waals surface area contributed by atoms with Gasteiger partial charge in [-0.05, 0) is 25.0 Å². The van der Waals surface area contributed by atoms with E-state index in [0.29, 0.717) is 18.7 Å². The Morgan fingerprint density at radius 1 is 1.45 bits per heavy atom. The summed E-state index contributed by atoms with van der Waals surface area (Å²) in [5, 5.41) is 2.63. The van der Waals surface area contributed by atoms with Gasteiger partial charge in [0.25, 0.3) is 0 Å². The van der Waals surface area contributed by atoms with E-state index in [4.69, 9.17) is 4.74 Å². The highest BCUT2D eigenvalue weighted by molar-refractivity contribution is 5.97. The van der Waals surface area contributed by atoms with Crippen LogP contribution < -0.4 is 10.1 Å². The van der Waals surface area contributed by atoms with Crippen LogP contribution in [0, 0.1) is 5.82 Å². The summed E-state index contributed by atoms with van der Waals surface area (Å²) in [5.74, 6) is -0.833. The quantitative estimate of drug-likeness (QED) is 0.918. The van der Waals surface area contributed by atoms with E-state index >= 15 is 0 Å². The third-order valence-electron chi connectivity index (χ3n) is 3.38. The van der Waals surface area contributed by atoms with Crippen LogP contribution in [-0.2, 0) is 9.59 Å². The monoisotopic (exact) mass is 280 g/mol. The molecular formula is C14H17FN2O3. The molecule has 1 heterocycles. The van der Waals surface area contributed by atoms with Crippen molar-refractivity contribution in [1.29, 1.82) is 0 Å². The summed E-state index contributed by atoms with van der Waals surface area (Å²) < 4.78 is 18.4. The lowest BCUT2D eigenvalue weighted by molar-refractivity contribution is -0.134. The summed E-state index contributed by atoms with van der Waals surface area (Å²) >= 11 is 0. The molecule has 0 unspecified atom stereocenters. The van der Waals surface area contributed by atoms with Crippen LogP contribution in [-0.4, -0.2) is 36.4 Å². The highest BCUT2D eigenvalue weighted by Crippen LogP contribution is 2.23. The van der Waals surface area contributed by atoms with Gasteiger partial charge in [0.1, 0.15) is 6.04 Å². The maximum Gasteiger partial charge on any atom is 0.247 e. The molecule has 0 aliphatic carbocycles. The minimum Gasteiger partial charge on any atom is -0.494 e. The van der Waals surface area contributed by atoms with Gasteiger partial charge in [0.2, 0.25) is 11.8 Å². The lowest BCUT2D eigenvalue weighted by atomic mass is 10.2. The summed E-state index contributed by atoms with van der Waals surface area (Å²) in [7, 11) is 1.37. The molecule has 0 bridgehead atoms. The summed E-state index contributed by atoms with van der Waals surface area (Å²) in [6.07, 6.45) is 1.43. The number of benzene rings is 1. The Bertz CT molecular complexity index is 533. The zero-order chi connectivity index (χ0) is 14.7. The van der Waals surface area contributed by atoms with Crippen molar-refractivity contribution in [3.05, 3.63) is 24.0 Å². The number of hydrogen-bond acceptors (Lipinski definition) is 3. The number of carbonyl (C=O) groups is 2. The van der Waals surface area contributed by atoms with Crippen LogP contribution >= 0.6 is 0 Å². The number of carbonyl (C=O) groups excluding carboxylic acids is 2. The van der Waals surface area contributed by atoms with Gasteiger partial charge in [-0.2, -0.15) is 0 Å².